The number of benzene rings is 1. The van der Waals surface area contributed by atoms with Crippen LogP contribution in [0.2, 0.25) is 0 Å². The van der Waals surface area contributed by atoms with E-state index in [2.05, 4.69) is 9.97 Å². The number of rotatable bonds is 3. The van der Waals surface area contributed by atoms with Crippen molar-refractivity contribution in [2.24, 2.45) is 0 Å². The van der Waals surface area contributed by atoms with Gasteiger partial charge in [0.2, 0.25) is 0 Å². The summed E-state index contributed by atoms with van der Waals surface area (Å²) in [6, 6.07) is 4.98. The lowest BCUT2D eigenvalue weighted by Gasteiger charge is -2.11. The Morgan fingerprint density at radius 1 is 1.17 bits per heavy atom. The lowest BCUT2D eigenvalue weighted by Crippen LogP contribution is -2.12. The van der Waals surface area contributed by atoms with Crippen LogP contribution in [0.15, 0.2) is 30.6 Å². The molecule has 0 saturated carbocycles. The average Bonchev–Trinajstić information content (AvgIpc) is 2.32. The Labute approximate surface area is 106 Å². The number of hydrogen-bond acceptors (Lipinski definition) is 3. The lowest BCUT2D eigenvalue weighted by atomic mass is 10.1. The van der Waals surface area contributed by atoms with Gasteiger partial charge < -0.3 is 4.90 Å². The van der Waals surface area contributed by atoms with E-state index < -0.39 is 0 Å². The number of hydrogen-bond donors (Lipinski definition) is 0. The third-order valence-corrected chi connectivity index (χ3v) is 2.57. The summed E-state index contributed by atoms with van der Waals surface area (Å²) in [6.45, 7) is 2.50. The molecule has 0 amide bonds. The largest absolute Gasteiger partial charge is 0.305 e. The maximum Gasteiger partial charge on any atom is 0.159 e. The normalized spacial score (nSPS) is 10.9. The molecule has 4 heteroatoms. The summed E-state index contributed by atoms with van der Waals surface area (Å²) in [4.78, 5) is 10.4. The second kappa shape index (κ2) is 5.23. The van der Waals surface area contributed by atoms with Gasteiger partial charge in [-0.3, -0.25) is 0 Å². The second-order valence-corrected chi connectivity index (χ2v) is 4.63. The molecule has 1 aromatic heterocycles. The van der Waals surface area contributed by atoms with Crippen LogP contribution >= 0.6 is 0 Å². The van der Waals surface area contributed by atoms with E-state index in [1.165, 1.54) is 6.07 Å². The summed E-state index contributed by atoms with van der Waals surface area (Å²) >= 11 is 0. The fraction of sp³-hybridized carbons (Fsp3) is 0.286. The molecule has 3 nitrogen and oxygen atoms in total. The molecule has 1 heterocycles. The first-order valence-electron chi connectivity index (χ1n) is 5.78. The molecule has 1 aromatic carbocycles. The molecule has 0 N–H and O–H groups in total. The van der Waals surface area contributed by atoms with Gasteiger partial charge in [0.15, 0.2) is 5.82 Å². The first-order chi connectivity index (χ1) is 8.56. The minimum Gasteiger partial charge on any atom is -0.305 e. The van der Waals surface area contributed by atoms with E-state index in [-0.39, 0.29) is 5.82 Å². The Morgan fingerprint density at radius 3 is 2.44 bits per heavy atom. The van der Waals surface area contributed by atoms with Crippen LogP contribution in [-0.4, -0.2) is 29.0 Å². The van der Waals surface area contributed by atoms with Crippen molar-refractivity contribution in [2.45, 2.75) is 13.5 Å². The van der Waals surface area contributed by atoms with E-state index in [1.54, 1.807) is 24.5 Å². The fourth-order valence-corrected chi connectivity index (χ4v) is 1.72. The van der Waals surface area contributed by atoms with Gasteiger partial charge in [0.25, 0.3) is 0 Å². The predicted octanol–water partition coefficient (Wildman–Crippen LogP) is 2.65. The van der Waals surface area contributed by atoms with Gasteiger partial charge in [-0.1, -0.05) is 0 Å². The zero-order chi connectivity index (χ0) is 13.1. The maximum absolute atomic E-state index is 13.6. The van der Waals surface area contributed by atoms with E-state index in [1.807, 2.05) is 25.9 Å². The van der Waals surface area contributed by atoms with E-state index in [9.17, 15) is 4.39 Å². The summed E-state index contributed by atoms with van der Waals surface area (Å²) in [7, 11) is 3.82. The monoisotopic (exact) mass is 245 g/mol. The van der Waals surface area contributed by atoms with Crippen LogP contribution < -0.4 is 0 Å². The van der Waals surface area contributed by atoms with Crippen molar-refractivity contribution in [3.63, 3.8) is 0 Å². The second-order valence-electron chi connectivity index (χ2n) is 4.63. The highest BCUT2D eigenvalue weighted by molar-refractivity contribution is 5.56. The zero-order valence-electron chi connectivity index (χ0n) is 10.8. The van der Waals surface area contributed by atoms with Crippen molar-refractivity contribution in [3.8, 4) is 11.4 Å². The molecule has 0 radical (unpaired) electrons. The van der Waals surface area contributed by atoms with Crippen LogP contribution in [0.5, 0.6) is 0 Å². The van der Waals surface area contributed by atoms with Crippen molar-refractivity contribution >= 4 is 0 Å². The molecular weight excluding hydrogens is 229 g/mol. The molecule has 0 aliphatic heterocycles. The standard InChI is InChI=1S/C14H16FN3/c1-10-7-16-14(17-8-10)11-4-5-13(15)12(6-11)9-18(2)3/h4-8H,9H2,1-3H3. The average molecular weight is 245 g/mol. The summed E-state index contributed by atoms with van der Waals surface area (Å²) in [5.41, 5.74) is 2.50. The zero-order valence-corrected chi connectivity index (χ0v) is 10.8. The van der Waals surface area contributed by atoms with Gasteiger partial charge in [0.1, 0.15) is 5.82 Å². The van der Waals surface area contributed by atoms with Crippen molar-refractivity contribution in [1.29, 1.82) is 0 Å². The van der Waals surface area contributed by atoms with Crippen LogP contribution in [0, 0.1) is 12.7 Å². The van der Waals surface area contributed by atoms with Crippen molar-refractivity contribution in [2.75, 3.05) is 14.1 Å². The molecular formula is C14H16FN3. The third-order valence-electron chi connectivity index (χ3n) is 2.57. The highest BCUT2D eigenvalue weighted by Gasteiger charge is 2.07. The van der Waals surface area contributed by atoms with Crippen molar-refractivity contribution in [3.05, 3.63) is 47.5 Å². The minimum absolute atomic E-state index is 0.195. The Hall–Kier alpha value is -1.81. The van der Waals surface area contributed by atoms with Gasteiger partial charge in [0.05, 0.1) is 0 Å². The van der Waals surface area contributed by atoms with E-state index in [0.29, 0.717) is 17.9 Å². The fourth-order valence-electron chi connectivity index (χ4n) is 1.72. The van der Waals surface area contributed by atoms with Crippen LogP contribution in [0.25, 0.3) is 11.4 Å². The summed E-state index contributed by atoms with van der Waals surface area (Å²) in [5, 5.41) is 0. The Kier molecular flexibility index (Phi) is 3.67. The van der Waals surface area contributed by atoms with Crippen molar-refractivity contribution in [1.82, 2.24) is 14.9 Å². The van der Waals surface area contributed by atoms with Gasteiger partial charge in [-0.25, -0.2) is 14.4 Å². The van der Waals surface area contributed by atoms with E-state index in [0.717, 1.165) is 11.1 Å². The maximum atomic E-state index is 13.6. The van der Waals surface area contributed by atoms with Gasteiger partial charge in [0, 0.05) is 30.1 Å². The van der Waals surface area contributed by atoms with E-state index >= 15 is 0 Å². The molecule has 2 rings (SSSR count). The van der Waals surface area contributed by atoms with Crippen LogP contribution in [0.1, 0.15) is 11.1 Å². The molecule has 0 spiro atoms. The van der Waals surface area contributed by atoms with Gasteiger partial charge in [-0.2, -0.15) is 0 Å². The molecule has 0 aliphatic carbocycles. The lowest BCUT2D eigenvalue weighted by molar-refractivity contribution is 0.392. The molecule has 0 bridgehead atoms. The summed E-state index contributed by atoms with van der Waals surface area (Å²) < 4.78 is 13.6. The number of halogens is 1. The third kappa shape index (κ3) is 2.90. The first kappa shape index (κ1) is 12.6. The summed E-state index contributed by atoms with van der Waals surface area (Å²) in [5.74, 6) is 0.431. The Bertz CT molecular complexity index is 535. The molecule has 0 unspecified atom stereocenters. The summed E-state index contributed by atoms with van der Waals surface area (Å²) in [6.07, 6.45) is 3.52. The van der Waals surface area contributed by atoms with E-state index in [4.69, 9.17) is 0 Å². The quantitative estimate of drug-likeness (QED) is 0.832. The van der Waals surface area contributed by atoms with Gasteiger partial charge in [-0.05, 0) is 44.8 Å². The highest BCUT2D eigenvalue weighted by Crippen LogP contribution is 2.19. The number of aromatic nitrogens is 2. The SMILES string of the molecule is Cc1cnc(-c2ccc(F)c(CN(C)C)c2)nc1. The molecule has 0 atom stereocenters. The molecule has 0 saturated heterocycles. The van der Waals surface area contributed by atoms with Gasteiger partial charge in [-0.15, -0.1) is 0 Å². The molecule has 18 heavy (non-hydrogen) atoms. The predicted molar refractivity (Wildman–Crippen MR) is 69.6 cm³/mol. The minimum atomic E-state index is -0.195. The van der Waals surface area contributed by atoms with Crippen LogP contribution in [-0.2, 0) is 6.54 Å². The number of nitrogens with zero attached hydrogens (tertiary/aromatic N) is 3. The Morgan fingerprint density at radius 2 is 1.83 bits per heavy atom. The first-order valence-corrected chi connectivity index (χ1v) is 5.78. The smallest absolute Gasteiger partial charge is 0.159 e. The van der Waals surface area contributed by atoms with Crippen molar-refractivity contribution < 1.29 is 4.39 Å². The molecule has 94 valence electrons. The molecule has 0 fully saturated rings. The van der Waals surface area contributed by atoms with Crippen LogP contribution in [0.4, 0.5) is 4.39 Å². The topological polar surface area (TPSA) is 29.0 Å². The van der Waals surface area contributed by atoms with Crippen LogP contribution in [0.3, 0.4) is 0 Å². The molecule has 2 aromatic rings. The van der Waals surface area contributed by atoms with Gasteiger partial charge >= 0.3 is 0 Å². The Balaban J connectivity index is 2.37. The molecule has 0 aliphatic rings. The highest BCUT2D eigenvalue weighted by atomic mass is 19.1. The number of aryl methyl sites for hydroxylation is 1.